The quantitative estimate of drug-likeness (QED) is 0.564. The van der Waals surface area contributed by atoms with Gasteiger partial charge in [-0.3, -0.25) is 0 Å². The molecule has 0 saturated heterocycles. The normalized spacial score (nSPS) is 11.5. The predicted octanol–water partition coefficient (Wildman–Crippen LogP) is 2.03. The summed E-state index contributed by atoms with van der Waals surface area (Å²) in [7, 11) is 0. The van der Waals surface area contributed by atoms with Crippen LogP contribution in [0.1, 0.15) is 12.0 Å². The summed E-state index contributed by atoms with van der Waals surface area (Å²) in [5.74, 6) is 6.05. The van der Waals surface area contributed by atoms with E-state index in [1.165, 1.54) is 0 Å². The first-order chi connectivity index (χ1) is 6.33. The first kappa shape index (κ1) is 10.1. The van der Waals surface area contributed by atoms with Crippen LogP contribution in [0.15, 0.2) is 30.3 Å². The second-order valence-electron chi connectivity index (χ2n) is 2.68. The van der Waals surface area contributed by atoms with Crippen molar-refractivity contribution in [1.82, 2.24) is 0 Å². The van der Waals surface area contributed by atoms with Gasteiger partial charge in [0.1, 0.15) is 0 Å². The lowest BCUT2D eigenvalue weighted by atomic mass is 10.2. The van der Waals surface area contributed by atoms with Crippen LogP contribution in [0.4, 0.5) is 0 Å². The average molecular weight is 195 g/mol. The van der Waals surface area contributed by atoms with E-state index in [1.54, 1.807) is 0 Å². The van der Waals surface area contributed by atoms with E-state index in [2.05, 4.69) is 11.8 Å². The highest BCUT2D eigenvalue weighted by Gasteiger charge is 1.96. The number of aliphatic hydroxyl groups excluding tert-OH is 1. The number of hydrogen-bond donors (Lipinski definition) is 1. The minimum atomic E-state index is -0.516. The van der Waals surface area contributed by atoms with Crippen molar-refractivity contribution in [2.24, 2.45) is 0 Å². The Balaban J connectivity index is 2.49. The minimum absolute atomic E-state index is 0.240. The molecule has 0 fully saturated rings. The van der Waals surface area contributed by atoms with E-state index in [0.717, 1.165) is 5.56 Å². The molecule has 1 atom stereocenters. The first-order valence-electron chi connectivity index (χ1n) is 4.11. The lowest BCUT2D eigenvalue weighted by Gasteiger charge is -1.97. The highest BCUT2D eigenvalue weighted by atomic mass is 35.5. The van der Waals surface area contributed by atoms with Crippen LogP contribution in [-0.2, 0) is 0 Å². The number of alkyl halides is 1. The van der Waals surface area contributed by atoms with Crippen LogP contribution in [0.2, 0.25) is 0 Å². The molecule has 0 aliphatic carbocycles. The number of benzene rings is 1. The minimum Gasteiger partial charge on any atom is -0.391 e. The Hall–Kier alpha value is -0.970. The highest BCUT2D eigenvalue weighted by Crippen LogP contribution is 1.96. The van der Waals surface area contributed by atoms with E-state index in [-0.39, 0.29) is 5.88 Å². The maximum absolute atomic E-state index is 9.10. The van der Waals surface area contributed by atoms with Gasteiger partial charge >= 0.3 is 0 Å². The van der Waals surface area contributed by atoms with Gasteiger partial charge in [-0.15, -0.1) is 11.6 Å². The zero-order chi connectivity index (χ0) is 9.52. The topological polar surface area (TPSA) is 20.2 Å². The van der Waals surface area contributed by atoms with Crippen LogP contribution in [0.3, 0.4) is 0 Å². The lowest BCUT2D eigenvalue weighted by molar-refractivity contribution is 0.204. The molecule has 0 amide bonds. The predicted molar refractivity (Wildman–Crippen MR) is 54.7 cm³/mol. The fourth-order valence-corrected chi connectivity index (χ4v) is 0.956. The lowest BCUT2D eigenvalue weighted by Crippen LogP contribution is -2.05. The van der Waals surface area contributed by atoms with Crippen molar-refractivity contribution < 1.29 is 5.11 Å². The second kappa shape index (κ2) is 5.64. The van der Waals surface area contributed by atoms with Gasteiger partial charge in [-0.05, 0) is 12.1 Å². The zero-order valence-electron chi connectivity index (χ0n) is 7.20. The third-order valence-corrected chi connectivity index (χ3v) is 1.88. The van der Waals surface area contributed by atoms with Gasteiger partial charge in [-0.1, -0.05) is 30.0 Å². The van der Waals surface area contributed by atoms with E-state index >= 15 is 0 Å². The maximum atomic E-state index is 9.10. The fourth-order valence-electron chi connectivity index (χ4n) is 0.847. The summed E-state index contributed by atoms with van der Waals surface area (Å²) in [6, 6.07) is 9.67. The number of halogens is 1. The monoisotopic (exact) mass is 194 g/mol. The molecule has 2 heteroatoms. The first-order valence-corrected chi connectivity index (χ1v) is 4.64. The SMILES string of the molecule is O[C@@H](CCl)CC#Cc1ccccc1. The van der Waals surface area contributed by atoms with E-state index < -0.39 is 6.10 Å². The van der Waals surface area contributed by atoms with Crippen LogP contribution in [0.5, 0.6) is 0 Å². The molecular weight excluding hydrogens is 184 g/mol. The molecular formula is C11H11ClO. The van der Waals surface area contributed by atoms with Gasteiger partial charge in [0.15, 0.2) is 0 Å². The van der Waals surface area contributed by atoms with Gasteiger partial charge in [0.2, 0.25) is 0 Å². The van der Waals surface area contributed by atoms with Crippen LogP contribution in [0, 0.1) is 11.8 Å². The largest absolute Gasteiger partial charge is 0.391 e. The molecule has 0 aromatic heterocycles. The summed E-state index contributed by atoms with van der Waals surface area (Å²) >= 11 is 5.42. The van der Waals surface area contributed by atoms with E-state index in [0.29, 0.717) is 6.42 Å². The molecule has 0 radical (unpaired) electrons. The summed E-state index contributed by atoms with van der Waals surface area (Å²) in [5, 5.41) is 9.10. The highest BCUT2D eigenvalue weighted by molar-refractivity contribution is 6.18. The van der Waals surface area contributed by atoms with E-state index in [1.807, 2.05) is 30.3 Å². The fraction of sp³-hybridized carbons (Fsp3) is 0.273. The molecule has 1 N–H and O–H groups in total. The number of aliphatic hydroxyl groups is 1. The third-order valence-electron chi connectivity index (χ3n) is 1.52. The molecule has 0 unspecified atom stereocenters. The summed E-state index contributed by atoms with van der Waals surface area (Å²) in [6.45, 7) is 0. The Morgan fingerprint density at radius 2 is 2.00 bits per heavy atom. The molecule has 0 saturated carbocycles. The summed E-state index contributed by atoms with van der Waals surface area (Å²) in [6.07, 6.45) is -0.0869. The summed E-state index contributed by atoms with van der Waals surface area (Å²) in [4.78, 5) is 0. The molecule has 1 aromatic carbocycles. The number of hydrogen-bond acceptors (Lipinski definition) is 1. The Kier molecular flexibility index (Phi) is 4.39. The van der Waals surface area contributed by atoms with Crippen molar-refractivity contribution in [2.45, 2.75) is 12.5 Å². The van der Waals surface area contributed by atoms with Crippen molar-refractivity contribution in [3.05, 3.63) is 35.9 Å². The Labute approximate surface area is 83.4 Å². The van der Waals surface area contributed by atoms with E-state index in [4.69, 9.17) is 16.7 Å². The van der Waals surface area contributed by atoms with Crippen molar-refractivity contribution in [3.63, 3.8) is 0 Å². The molecule has 0 bridgehead atoms. The van der Waals surface area contributed by atoms with Gasteiger partial charge in [0, 0.05) is 17.9 Å². The average Bonchev–Trinajstić information content (AvgIpc) is 2.19. The van der Waals surface area contributed by atoms with Gasteiger partial charge in [0.25, 0.3) is 0 Å². The van der Waals surface area contributed by atoms with Crippen molar-refractivity contribution >= 4 is 11.6 Å². The smallest absolute Gasteiger partial charge is 0.0784 e. The zero-order valence-corrected chi connectivity index (χ0v) is 7.96. The molecule has 13 heavy (non-hydrogen) atoms. The maximum Gasteiger partial charge on any atom is 0.0784 e. The molecule has 1 rings (SSSR count). The van der Waals surface area contributed by atoms with Crippen molar-refractivity contribution in [3.8, 4) is 11.8 Å². The third kappa shape index (κ3) is 3.98. The van der Waals surface area contributed by atoms with Crippen molar-refractivity contribution in [2.75, 3.05) is 5.88 Å². The second-order valence-corrected chi connectivity index (χ2v) is 2.99. The van der Waals surface area contributed by atoms with Crippen LogP contribution < -0.4 is 0 Å². The molecule has 0 spiro atoms. The molecule has 1 aromatic rings. The molecule has 0 heterocycles. The molecule has 1 nitrogen and oxygen atoms in total. The van der Waals surface area contributed by atoms with Gasteiger partial charge < -0.3 is 5.11 Å². The van der Waals surface area contributed by atoms with E-state index in [9.17, 15) is 0 Å². The summed E-state index contributed by atoms with van der Waals surface area (Å²) < 4.78 is 0. The molecule has 0 aliphatic rings. The Bertz CT molecular complexity index is 297. The van der Waals surface area contributed by atoms with Crippen LogP contribution in [-0.4, -0.2) is 17.1 Å². The van der Waals surface area contributed by atoms with Crippen LogP contribution in [0.25, 0.3) is 0 Å². The standard InChI is InChI=1S/C11H11ClO/c12-9-11(13)8-4-7-10-5-2-1-3-6-10/h1-3,5-6,11,13H,8-9H2/t11-/m1/s1. The molecule has 68 valence electrons. The van der Waals surface area contributed by atoms with Gasteiger partial charge in [0.05, 0.1) is 6.10 Å². The van der Waals surface area contributed by atoms with Gasteiger partial charge in [-0.2, -0.15) is 0 Å². The van der Waals surface area contributed by atoms with Crippen molar-refractivity contribution in [1.29, 1.82) is 0 Å². The number of rotatable bonds is 2. The Morgan fingerprint density at radius 1 is 1.31 bits per heavy atom. The van der Waals surface area contributed by atoms with Gasteiger partial charge in [-0.25, -0.2) is 0 Å². The van der Waals surface area contributed by atoms with Crippen LogP contribution >= 0.6 is 11.6 Å². The molecule has 0 aliphatic heterocycles. The summed E-state index contributed by atoms with van der Waals surface area (Å²) in [5.41, 5.74) is 0.962. The Morgan fingerprint density at radius 3 is 2.62 bits per heavy atom.